The van der Waals surface area contributed by atoms with Crippen molar-refractivity contribution in [3.8, 4) is 0 Å². The quantitative estimate of drug-likeness (QED) is 0.336. The van der Waals surface area contributed by atoms with Gasteiger partial charge in [-0.2, -0.15) is 0 Å². The molecule has 2 heterocycles. The van der Waals surface area contributed by atoms with Crippen LogP contribution in [-0.4, -0.2) is 27.3 Å². The van der Waals surface area contributed by atoms with Crippen LogP contribution in [0.5, 0.6) is 0 Å². The van der Waals surface area contributed by atoms with E-state index in [9.17, 15) is 4.79 Å². The SMILES string of the molecule is Cc1ccc(CN(Cc2nc(C(=O)NCCc3ccccn3)co2)C(C)c2ccccc2)c(C)c1. The average molecular weight is 469 g/mol. The maximum Gasteiger partial charge on any atom is 0.273 e. The van der Waals surface area contributed by atoms with Crippen LogP contribution in [0.1, 0.15) is 57.3 Å². The first kappa shape index (κ1) is 24.4. The van der Waals surface area contributed by atoms with Gasteiger partial charge >= 0.3 is 0 Å². The molecule has 0 fully saturated rings. The molecule has 35 heavy (non-hydrogen) atoms. The van der Waals surface area contributed by atoms with Crippen LogP contribution in [0.4, 0.5) is 0 Å². The topological polar surface area (TPSA) is 71.3 Å². The van der Waals surface area contributed by atoms with Crippen LogP contribution in [0.25, 0.3) is 0 Å². The Kier molecular flexibility index (Phi) is 8.06. The van der Waals surface area contributed by atoms with Gasteiger partial charge in [-0.1, -0.05) is 60.2 Å². The fourth-order valence-corrected chi connectivity index (χ4v) is 4.12. The van der Waals surface area contributed by atoms with E-state index >= 15 is 0 Å². The first-order valence-electron chi connectivity index (χ1n) is 12.0. The maximum atomic E-state index is 12.6. The van der Waals surface area contributed by atoms with Crippen molar-refractivity contribution in [2.24, 2.45) is 0 Å². The monoisotopic (exact) mass is 468 g/mol. The number of pyridine rings is 1. The van der Waals surface area contributed by atoms with Crippen molar-refractivity contribution in [3.05, 3.63) is 119 Å². The predicted octanol–water partition coefficient (Wildman–Crippen LogP) is 5.42. The minimum absolute atomic E-state index is 0.138. The van der Waals surface area contributed by atoms with Gasteiger partial charge in [-0.25, -0.2) is 4.98 Å². The number of oxazole rings is 1. The van der Waals surface area contributed by atoms with Crippen LogP contribution >= 0.6 is 0 Å². The van der Waals surface area contributed by atoms with Gasteiger partial charge < -0.3 is 9.73 Å². The lowest BCUT2D eigenvalue weighted by Gasteiger charge is -2.29. The zero-order valence-corrected chi connectivity index (χ0v) is 20.6. The van der Waals surface area contributed by atoms with Gasteiger partial charge in [-0.05, 0) is 49.6 Å². The van der Waals surface area contributed by atoms with E-state index in [0.29, 0.717) is 31.1 Å². The molecule has 6 nitrogen and oxygen atoms in total. The van der Waals surface area contributed by atoms with Crippen molar-refractivity contribution in [1.29, 1.82) is 0 Å². The smallest absolute Gasteiger partial charge is 0.273 e. The number of amides is 1. The van der Waals surface area contributed by atoms with Crippen LogP contribution in [0.3, 0.4) is 0 Å². The number of aryl methyl sites for hydroxylation is 2. The van der Waals surface area contributed by atoms with Crippen molar-refractivity contribution in [1.82, 2.24) is 20.2 Å². The highest BCUT2D eigenvalue weighted by molar-refractivity contribution is 5.91. The largest absolute Gasteiger partial charge is 0.447 e. The summed E-state index contributed by atoms with van der Waals surface area (Å²) < 4.78 is 5.73. The van der Waals surface area contributed by atoms with E-state index in [1.807, 2.05) is 24.3 Å². The zero-order valence-electron chi connectivity index (χ0n) is 20.6. The molecule has 0 saturated heterocycles. The number of benzene rings is 2. The summed E-state index contributed by atoms with van der Waals surface area (Å²) in [5.74, 6) is 0.278. The van der Waals surface area contributed by atoms with E-state index < -0.39 is 0 Å². The van der Waals surface area contributed by atoms with E-state index in [1.165, 1.54) is 28.5 Å². The van der Waals surface area contributed by atoms with E-state index in [1.54, 1.807) is 6.20 Å². The van der Waals surface area contributed by atoms with Crippen LogP contribution in [0, 0.1) is 13.8 Å². The lowest BCUT2D eigenvalue weighted by molar-refractivity contribution is 0.0949. The lowest BCUT2D eigenvalue weighted by Crippen LogP contribution is -2.28. The van der Waals surface area contributed by atoms with E-state index in [4.69, 9.17) is 4.42 Å². The number of aromatic nitrogens is 2. The van der Waals surface area contributed by atoms with Gasteiger partial charge in [0.2, 0.25) is 5.89 Å². The van der Waals surface area contributed by atoms with Gasteiger partial charge in [0.05, 0.1) is 6.54 Å². The Bertz CT molecular complexity index is 1240. The van der Waals surface area contributed by atoms with Crippen LogP contribution in [-0.2, 0) is 19.5 Å². The first-order chi connectivity index (χ1) is 17.0. The third-order valence-corrected chi connectivity index (χ3v) is 6.22. The summed E-state index contributed by atoms with van der Waals surface area (Å²) in [7, 11) is 0. The molecule has 0 bridgehead atoms. The highest BCUT2D eigenvalue weighted by Crippen LogP contribution is 2.25. The van der Waals surface area contributed by atoms with Gasteiger partial charge in [0.15, 0.2) is 5.69 Å². The van der Waals surface area contributed by atoms with Crippen molar-refractivity contribution < 1.29 is 9.21 Å². The second kappa shape index (κ2) is 11.6. The molecule has 4 aromatic rings. The van der Waals surface area contributed by atoms with Crippen molar-refractivity contribution in [3.63, 3.8) is 0 Å². The molecule has 1 amide bonds. The third-order valence-electron chi connectivity index (χ3n) is 6.22. The molecule has 0 radical (unpaired) electrons. The molecule has 1 N–H and O–H groups in total. The molecule has 2 aromatic heterocycles. The standard InChI is InChI=1S/C29H32N4O2/c1-21-12-13-25(22(2)17-21)18-33(23(3)24-9-5-4-6-10-24)19-28-32-27(20-35-28)29(34)31-16-14-26-11-7-8-15-30-26/h4-13,15,17,20,23H,14,16,18-19H2,1-3H3,(H,31,34). The van der Waals surface area contributed by atoms with Crippen LogP contribution in [0.2, 0.25) is 0 Å². The summed E-state index contributed by atoms with van der Waals surface area (Å²) in [5.41, 5.74) is 6.22. The van der Waals surface area contributed by atoms with Gasteiger partial charge in [0, 0.05) is 37.4 Å². The number of rotatable bonds is 10. The molecule has 0 aliphatic rings. The third kappa shape index (κ3) is 6.64. The minimum Gasteiger partial charge on any atom is -0.447 e. The Morgan fingerprint density at radius 2 is 1.83 bits per heavy atom. The highest BCUT2D eigenvalue weighted by atomic mass is 16.3. The molecule has 180 valence electrons. The molecule has 6 heteroatoms. The van der Waals surface area contributed by atoms with Gasteiger partial charge in [0.25, 0.3) is 5.91 Å². The summed E-state index contributed by atoms with van der Waals surface area (Å²) in [6.45, 7) is 8.17. The Hall–Kier alpha value is -3.77. The van der Waals surface area contributed by atoms with Crippen molar-refractivity contribution in [2.75, 3.05) is 6.54 Å². The number of hydrogen-bond donors (Lipinski definition) is 1. The molecule has 0 aliphatic heterocycles. The van der Waals surface area contributed by atoms with E-state index in [-0.39, 0.29) is 11.9 Å². The molecule has 1 unspecified atom stereocenters. The number of nitrogens with zero attached hydrogens (tertiary/aromatic N) is 3. The molecular weight excluding hydrogens is 436 g/mol. The van der Waals surface area contributed by atoms with E-state index in [2.05, 4.69) is 83.4 Å². The summed E-state index contributed by atoms with van der Waals surface area (Å²) in [6, 6.07) is 22.8. The van der Waals surface area contributed by atoms with Crippen molar-refractivity contribution >= 4 is 5.91 Å². The Morgan fingerprint density at radius 1 is 1.03 bits per heavy atom. The van der Waals surface area contributed by atoms with Gasteiger partial charge in [0.1, 0.15) is 6.26 Å². The number of nitrogens with one attached hydrogen (secondary N) is 1. The average Bonchev–Trinajstić information content (AvgIpc) is 3.34. The maximum absolute atomic E-state index is 12.6. The molecular formula is C29H32N4O2. The normalized spacial score (nSPS) is 12.0. The fourth-order valence-electron chi connectivity index (χ4n) is 4.12. The van der Waals surface area contributed by atoms with Gasteiger partial charge in [-0.15, -0.1) is 0 Å². The van der Waals surface area contributed by atoms with Crippen LogP contribution < -0.4 is 5.32 Å². The summed E-state index contributed by atoms with van der Waals surface area (Å²) in [4.78, 5) is 23.7. The summed E-state index contributed by atoms with van der Waals surface area (Å²) in [6.07, 6.45) is 3.85. The fraction of sp³-hybridized carbons (Fsp3) is 0.276. The minimum atomic E-state index is -0.243. The predicted molar refractivity (Wildman–Crippen MR) is 137 cm³/mol. The molecule has 2 aromatic carbocycles. The second-order valence-electron chi connectivity index (χ2n) is 8.88. The molecule has 1 atom stereocenters. The number of hydrogen-bond acceptors (Lipinski definition) is 5. The van der Waals surface area contributed by atoms with Crippen molar-refractivity contribution in [2.45, 2.75) is 46.3 Å². The molecule has 4 rings (SSSR count). The number of carbonyl (C=O) groups excluding carboxylic acids is 1. The van der Waals surface area contributed by atoms with E-state index in [0.717, 1.165) is 12.2 Å². The lowest BCUT2D eigenvalue weighted by atomic mass is 10.0. The highest BCUT2D eigenvalue weighted by Gasteiger charge is 2.21. The summed E-state index contributed by atoms with van der Waals surface area (Å²) >= 11 is 0. The first-order valence-corrected chi connectivity index (χ1v) is 12.0. The zero-order chi connectivity index (χ0) is 24.6. The number of carbonyl (C=O) groups is 1. The molecule has 0 spiro atoms. The Labute approximate surface area is 207 Å². The Balaban J connectivity index is 1.45. The van der Waals surface area contributed by atoms with Gasteiger partial charge in [-0.3, -0.25) is 14.7 Å². The Morgan fingerprint density at radius 3 is 2.57 bits per heavy atom. The molecule has 0 aliphatic carbocycles. The molecule has 0 saturated carbocycles. The van der Waals surface area contributed by atoms with Crippen LogP contribution in [0.15, 0.2) is 83.6 Å². The second-order valence-corrected chi connectivity index (χ2v) is 8.88. The summed E-state index contributed by atoms with van der Waals surface area (Å²) in [5, 5.41) is 2.90.